The minimum absolute atomic E-state index is 0.224. The maximum atomic E-state index is 11.9. The van der Waals surface area contributed by atoms with Crippen molar-refractivity contribution in [1.82, 2.24) is 0 Å². The predicted molar refractivity (Wildman–Crippen MR) is 62.2 cm³/mol. The van der Waals surface area contributed by atoms with Crippen LogP contribution in [0.15, 0.2) is 0 Å². The van der Waals surface area contributed by atoms with Crippen molar-refractivity contribution in [3.05, 3.63) is 0 Å². The molecule has 0 bridgehead atoms. The van der Waals surface area contributed by atoms with E-state index in [0.717, 1.165) is 12.8 Å². The van der Waals surface area contributed by atoms with Gasteiger partial charge < -0.3 is 5.73 Å². The lowest BCUT2D eigenvalue weighted by Crippen LogP contribution is -2.32. The van der Waals surface area contributed by atoms with Crippen molar-refractivity contribution >= 4 is 5.78 Å². The van der Waals surface area contributed by atoms with E-state index in [4.69, 9.17) is 5.73 Å². The van der Waals surface area contributed by atoms with Crippen LogP contribution in [0.3, 0.4) is 0 Å². The third-order valence-electron chi connectivity index (χ3n) is 3.30. The van der Waals surface area contributed by atoms with Gasteiger partial charge >= 0.3 is 0 Å². The molecule has 2 nitrogen and oxygen atoms in total. The number of nitrogens with two attached hydrogens (primary N) is 1. The molecule has 0 spiro atoms. The van der Waals surface area contributed by atoms with Gasteiger partial charge in [0.2, 0.25) is 0 Å². The molecule has 0 saturated heterocycles. The first-order valence-electron chi connectivity index (χ1n) is 5.92. The van der Waals surface area contributed by atoms with Crippen molar-refractivity contribution in [1.29, 1.82) is 0 Å². The number of ketones is 1. The van der Waals surface area contributed by atoms with Gasteiger partial charge in [0, 0.05) is 18.8 Å². The highest BCUT2D eigenvalue weighted by Crippen LogP contribution is 2.30. The first-order chi connectivity index (χ1) is 7.29. The van der Waals surface area contributed by atoms with E-state index >= 15 is 0 Å². The molecule has 0 aromatic carbocycles. The molecule has 2 N–H and O–H groups in total. The van der Waals surface area contributed by atoms with E-state index in [-0.39, 0.29) is 5.92 Å². The highest BCUT2D eigenvalue weighted by molar-refractivity contribution is 5.81. The predicted octanol–water partition coefficient (Wildman–Crippen LogP) is 2.12. The van der Waals surface area contributed by atoms with E-state index in [1.807, 2.05) is 6.92 Å². The minimum atomic E-state index is 0.224. The van der Waals surface area contributed by atoms with E-state index in [1.165, 1.54) is 12.8 Å². The summed E-state index contributed by atoms with van der Waals surface area (Å²) in [7, 11) is 0. The van der Waals surface area contributed by atoms with Crippen LogP contribution < -0.4 is 5.73 Å². The zero-order valence-electron chi connectivity index (χ0n) is 9.59. The van der Waals surface area contributed by atoms with Crippen molar-refractivity contribution in [2.45, 2.75) is 45.4 Å². The van der Waals surface area contributed by atoms with Crippen molar-refractivity contribution in [3.8, 4) is 11.8 Å². The molecule has 1 saturated carbocycles. The Bertz CT molecular complexity index is 261. The average molecular weight is 207 g/mol. The molecule has 2 atom stereocenters. The second-order valence-electron chi connectivity index (χ2n) is 4.28. The van der Waals surface area contributed by atoms with E-state index in [9.17, 15) is 4.79 Å². The standard InChI is InChI=1S/C13H21NO/c1-2-3-4-9-13(15)12-8-6-5-7-11(12)10-14/h11-12H,4-10,14H2,1H3. The average Bonchev–Trinajstić information content (AvgIpc) is 2.29. The topological polar surface area (TPSA) is 43.1 Å². The molecule has 1 fully saturated rings. The molecule has 2 heteroatoms. The van der Waals surface area contributed by atoms with Crippen LogP contribution in [-0.4, -0.2) is 12.3 Å². The normalized spacial score (nSPS) is 25.5. The van der Waals surface area contributed by atoms with Gasteiger partial charge in [0.1, 0.15) is 5.78 Å². The van der Waals surface area contributed by atoms with Crippen molar-refractivity contribution in [2.75, 3.05) is 6.54 Å². The molecule has 2 unspecified atom stereocenters. The summed E-state index contributed by atoms with van der Waals surface area (Å²) in [6.07, 6.45) is 5.92. The summed E-state index contributed by atoms with van der Waals surface area (Å²) in [5, 5.41) is 0. The molecule has 15 heavy (non-hydrogen) atoms. The fraction of sp³-hybridized carbons (Fsp3) is 0.769. The Kier molecular flexibility index (Phi) is 5.42. The summed E-state index contributed by atoms with van der Waals surface area (Å²) >= 11 is 0. The Hall–Kier alpha value is -0.810. The number of hydrogen-bond acceptors (Lipinski definition) is 2. The van der Waals surface area contributed by atoms with Gasteiger partial charge in [-0.15, -0.1) is 11.8 Å². The molecule has 0 radical (unpaired) electrons. The number of rotatable bonds is 4. The molecule has 84 valence electrons. The van der Waals surface area contributed by atoms with E-state index < -0.39 is 0 Å². The van der Waals surface area contributed by atoms with Gasteiger partial charge in [-0.2, -0.15) is 0 Å². The van der Waals surface area contributed by atoms with Crippen molar-refractivity contribution in [2.24, 2.45) is 17.6 Å². The van der Waals surface area contributed by atoms with Crippen LogP contribution >= 0.6 is 0 Å². The van der Waals surface area contributed by atoms with Gasteiger partial charge in [-0.05, 0) is 32.2 Å². The van der Waals surface area contributed by atoms with Crippen molar-refractivity contribution < 1.29 is 4.79 Å². The van der Waals surface area contributed by atoms with Crippen LogP contribution in [-0.2, 0) is 4.79 Å². The van der Waals surface area contributed by atoms with Crippen molar-refractivity contribution in [3.63, 3.8) is 0 Å². The molecule has 1 aliphatic rings. The summed E-state index contributed by atoms with van der Waals surface area (Å²) in [4.78, 5) is 11.9. The van der Waals surface area contributed by atoms with Gasteiger partial charge in [-0.25, -0.2) is 0 Å². The van der Waals surface area contributed by atoms with Gasteiger partial charge in [0.25, 0.3) is 0 Å². The maximum Gasteiger partial charge on any atom is 0.137 e. The van der Waals surface area contributed by atoms with Crippen LogP contribution in [0.2, 0.25) is 0 Å². The number of Topliss-reactive ketones (excluding diaryl/α,β-unsaturated/α-hetero) is 1. The second kappa shape index (κ2) is 6.63. The number of carbonyl (C=O) groups is 1. The maximum absolute atomic E-state index is 11.9. The summed E-state index contributed by atoms with van der Waals surface area (Å²) < 4.78 is 0. The highest BCUT2D eigenvalue weighted by Gasteiger charge is 2.28. The number of carbonyl (C=O) groups excluding carboxylic acids is 1. The van der Waals surface area contributed by atoms with E-state index in [1.54, 1.807) is 0 Å². The molecule has 0 aromatic heterocycles. The molecule has 0 amide bonds. The van der Waals surface area contributed by atoms with Crippen LogP contribution in [0.25, 0.3) is 0 Å². The van der Waals surface area contributed by atoms with Gasteiger partial charge in [-0.1, -0.05) is 12.8 Å². The largest absolute Gasteiger partial charge is 0.330 e. The summed E-state index contributed by atoms with van der Waals surface area (Å²) in [6.45, 7) is 2.48. The Morgan fingerprint density at radius 3 is 2.80 bits per heavy atom. The second-order valence-corrected chi connectivity index (χ2v) is 4.28. The SMILES string of the molecule is CC#CCCC(=O)C1CCCCC1CN. The molecule has 0 heterocycles. The quantitative estimate of drug-likeness (QED) is 0.718. The Labute approximate surface area is 92.6 Å². The lowest BCUT2D eigenvalue weighted by atomic mass is 9.76. The van der Waals surface area contributed by atoms with Gasteiger partial charge in [0.15, 0.2) is 0 Å². The van der Waals surface area contributed by atoms with E-state index in [2.05, 4.69) is 11.8 Å². The van der Waals surface area contributed by atoms with E-state index in [0.29, 0.717) is 31.1 Å². The lowest BCUT2D eigenvalue weighted by molar-refractivity contribution is -0.125. The van der Waals surface area contributed by atoms with Crippen LogP contribution in [0, 0.1) is 23.7 Å². The molecule has 1 aliphatic carbocycles. The molecular formula is C13H21NO. The summed E-state index contributed by atoms with van der Waals surface area (Å²) in [6, 6.07) is 0. The number of hydrogen-bond donors (Lipinski definition) is 1. The molecule has 0 aliphatic heterocycles. The Morgan fingerprint density at radius 2 is 2.13 bits per heavy atom. The fourth-order valence-corrected chi connectivity index (χ4v) is 2.41. The van der Waals surface area contributed by atoms with Crippen LogP contribution in [0.1, 0.15) is 45.4 Å². The first-order valence-corrected chi connectivity index (χ1v) is 5.92. The van der Waals surface area contributed by atoms with Crippen LogP contribution in [0.5, 0.6) is 0 Å². The molecule has 0 aromatic rings. The fourth-order valence-electron chi connectivity index (χ4n) is 2.41. The zero-order chi connectivity index (χ0) is 11.1. The molecule has 1 rings (SSSR count). The Balaban J connectivity index is 2.43. The van der Waals surface area contributed by atoms with Gasteiger partial charge in [0.05, 0.1) is 0 Å². The van der Waals surface area contributed by atoms with Gasteiger partial charge in [-0.3, -0.25) is 4.79 Å². The third kappa shape index (κ3) is 3.68. The lowest BCUT2D eigenvalue weighted by Gasteiger charge is -2.29. The highest BCUT2D eigenvalue weighted by atomic mass is 16.1. The zero-order valence-corrected chi connectivity index (χ0v) is 9.59. The van der Waals surface area contributed by atoms with Crippen LogP contribution in [0.4, 0.5) is 0 Å². The summed E-state index contributed by atoms with van der Waals surface area (Å²) in [5.74, 6) is 6.81. The smallest absolute Gasteiger partial charge is 0.137 e. The minimum Gasteiger partial charge on any atom is -0.330 e. The monoisotopic (exact) mass is 207 g/mol. The summed E-state index contributed by atoms with van der Waals surface area (Å²) in [5.41, 5.74) is 5.71. The first kappa shape index (κ1) is 12.3. The third-order valence-corrected chi connectivity index (χ3v) is 3.30. The Morgan fingerprint density at radius 1 is 1.40 bits per heavy atom. The molecular weight excluding hydrogens is 186 g/mol.